The Balaban J connectivity index is 1.77. The number of carboxylic acids is 1. The summed E-state index contributed by atoms with van der Waals surface area (Å²) in [6.07, 6.45) is 5.40. The number of aromatic carboxylic acids is 1. The molecule has 108 valence electrons. The molecule has 3 rings (SSSR count). The van der Waals surface area contributed by atoms with E-state index < -0.39 is 5.97 Å². The first-order chi connectivity index (χ1) is 9.56. The largest absolute Gasteiger partial charge is 0.478 e. The van der Waals surface area contributed by atoms with Crippen molar-refractivity contribution in [2.24, 2.45) is 17.8 Å². The highest BCUT2D eigenvalue weighted by atomic mass is 16.4. The Morgan fingerprint density at radius 3 is 2.45 bits per heavy atom. The summed E-state index contributed by atoms with van der Waals surface area (Å²) in [6.45, 7) is 4.57. The third kappa shape index (κ3) is 2.79. The van der Waals surface area contributed by atoms with Crippen LogP contribution in [-0.4, -0.2) is 22.6 Å². The number of aryl methyl sites for hydroxylation is 2. The first-order valence-corrected chi connectivity index (χ1v) is 7.51. The van der Waals surface area contributed by atoms with Gasteiger partial charge in [0, 0.05) is 12.2 Å². The highest BCUT2D eigenvalue weighted by Crippen LogP contribution is 2.49. The van der Waals surface area contributed by atoms with E-state index in [0.29, 0.717) is 11.3 Å². The number of rotatable bonds is 6. The van der Waals surface area contributed by atoms with Crippen LogP contribution in [0.3, 0.4) is 0 Å². The van der Waals surface area contributed by atoms with Gasteiger partial charge in [0.2, 0.25) is 0 Å². The van der Waals surface area contributed by atoms with Crippen LogP contribution in [0.5, 0.6) is 0 Å². The maximum absolute atomic E-state index is 11.4. The minimum atomic E-state index is -0.896. The molecule has 1 heterocycles. The molecule has 0 aliphatic heterocycles. The Labute approximate surface area is 119 Å². The lowest BCUT2D eigenvalue weighted by Crippen LogP contribution is -2.20. The molecule has 1 aromatic heterocycles. The van der Waals surface area contributed by atoms with Gasteiger partial charge < -0.3 is 10.4 Å². The van der Waals surface area contributed by atoms with Gasteiger partial charge in [-0.15, -0.1) is 0 Å². The summed E-state index contributed by atoms with van der Waals surface area (Å²) in [6, 6.07) is 1.85. The molecular weight excluding hydrogens is 252 g/mol. The number of carbonyl (C=O) groups is 1. The molecule has 2 fully saturated rings. The SMILES string of the molecule is Cc1cc(NCC(C2CC2)C2CC2)c(C(=O)O)c(C)n1. The standard InChI is InChI=1S/C16H22N2O2/c1-9-7-14(15(16(19)20)10(2)18-9)17-8-13(11-3-4-11)12-5-6-12/h7,11-13H,3-6,8H2,1-2H3,(H,17,18)(H,19,20). The topological polar surface area (TPSA) is 62.2 Å². The number of nitrogens with one attached hydrogen (secondary N) is 1. The van der Waals surface area contributed by atoms with Gasteiger partial charge in [0.1, 0.15) is 5.56 Å². The zero-order valence-corrected chi connectivity index (χ0v) is 12.1. The molecule has 0 unspecified atom stereocenters. The molecule has 0 amide bonds. The predicted molar refractivity (Wildman–Crippen MR) is 78.1 cm³/mol. The molecule has 4 heteroatoms. The molecule has 2 N–H and O–H groups in total. The Morgan fingerprint density at radius 1 is 1.35 bits per heavy atom. The number of nitrogens with zero attached hydrogens (tertiary/aromatic N) is 1. The summed E-state index contributed by atoms with van der Waals surface area (Å²) in [5.41, 5.74) is 2.51. The lowest BCUT2D eigenvalue weighted by atomic mass is 9.97. The number of carboxylic acid groups (broad SMARTS) is 1. The van der Waals surface area contributed by atoms with Crippen molar-refractivity contribution < 1.29 is 9.90 Å². The van der Waals surface area contributed by atoms with E-state index in [1.54, 1.807) is 6.92 Å². The van der Waals surface area contributed by atoms with Crippen molar-refractivity contribution in [2.45, 2.75) is 39.5 Å². The van der Waals surface area contributed by atoms with E-state index in [1.807, 2.05) is 13.0 Å². The molecule has 0 bridgehead atoms. The summed E-state index contributed by atoms with van der Waals surface area (Å²) in [4.78, 5) is 15.7. The van der Waals surface area contributed by atoms with Crippen molar-refractivity contribution in [3.05, 3.63) is 23.0 Å². The normalized spacial score (nSPS) is 18.4. The molecular formula is C16H22N2O2. The van der Waals surface area contributed by atoms with E-state index in [4.69, 9.17) is 0 Å². The van der Waals surface area contributed by atoms with Crippen LogP contribution in [0.25, 0.3) is 0 Å². The van der Waals surface area contributed by atoms with E-state index in [2.05, 4.69) is 10.3 Å². The van der Waals surface area contributed by atoms with E-state index in [1.165, 1.54) is 25.7 Å². The van der Waals surface area contributed by atoms with Crippen molar-refractivity contribution in [2.75, 3.05) is 11.9 Å². The maximum Gasteiger partial charge on any atom is 0.339 e. The molecule has 2 aliphatic carbocycles. The van der Waals surface area contributed by atoms with E-state index in [9.17, 15) is 9.90 Å². The fourth-order valence-electron chi connectivity index (χ4n) is 3.23. The Bertz CT molecular complexity index is 522. The molecule has 1 aromatic rings. The summed E-state index contributed by atoms with van der Waals surface area (Å²) in [5, 5.41) is 12.8. The fraction of sp³-hybridized carbons (Fsp3) is 0.625. The van der Waals surface area contributed by atoms with E-state index in [0.717, 1.165) is 35.7 Å². The van der Waals surface area contributed by atoms with Gasteiger partial charge >= 0.3 is 5.97 Å². The van der Waals surface area contributed by atoms with E-state index >= 15 is 0 Å². The third-order valence-electron chi connectivity index (χ3n) is 4.53. The van der Waals surface area contributed by atoms with Crippen molar-refractivity contribution >= 4 is 11.7 Å². The average Bonchev–Trinajstić information content (AvgIpc) is 3.23. The van der Waals surface area contributed by atoms with Crippen LogP contribution >= 0.6 is 0 Å². The molecule has 2 aliphatic rings. The van der Waals surface area contributed by atoms with Crippen LogP contribution in [-0.2, 0) is 0 Å². The van der Waals surface area contributed by atoms with Crippen molar-refractivity contribution in [1.29, 1.82) is 0 Å². The quantitative estimate of drug-likeness (QED) is 0.836. The van der Waals surface area contributed by atoms with Crippen molar-refractivity contribution in [1.82, 2.24) is 4.98 Å². The van der Waals surface area contributed by atoms with Crippen LogP contribution in [0.4, 0.5) is 5.69 Å². The zero-order chi connectivity index (χ0) is 14.3. The Hall–Kier alpha value is -1.58. The summed E-state index contributed by atoms with van der Waals surface area (Å²) in [5.74, 6) is 1.57. The number of hydrogen-bond donors (Lipinski definition) is 2. The van der Waals surface area contributed by atoms with Gasteiger partial charge in [-0.25, -0.2) is 4.79 Å². The minimum Gasteiger partial charge on any atom is -0.478 e. The molecule has 0 aromatic carbocycles. The number of hydrogen-bond acceptors (Lipinski definition) is 3. The minimum absolute atomic E-state index is 0.320. The van der Waals surface area contributed by atoms with Crippen LogP contribution in [0.2, 0.25) is 0 Å². The second-order valence-corrected chi connectivity index (χ2v) is 6.30. The molecule has 0 saturated heterocycles. The lowest BCUT2D eigenvalue weighted by Gasteiger charge is -2.19. The third-order valence-corrected chi connectivity index (χ3v) is 4.53. The molecule has 2 saturated carbocycles. The Morgan fingerprint density at radius 2 is 1.95 bits per heavy atom. The second-order valence-electron chi connectivity index (χ2n) is 6.30. The van der Waals surface area contributed by atoms with Gasteiger partial charge in [-0.3, -0.25) is 4.98 Å². The number of pyridine rings is 1. The van der Waals surface area contributed by atoms with Crippen molar-refractivity contribution in [3.8, 4) is 0 Å². The van der Waals surface area contributed by atoms with Crippen molar-refractivity contribution in [3.63, 3.8) is 0 Å². The van der Waals surface area contributed by atoms with Gasteiger partial charge in [0.05, 0.1) is 11.4 Å². The smallest absolute Gasteiger partial charge is 0.339 e. The van der Waals surface area contributed by atoms with E-state index in [-0.39, 0.29) is 0 Å². The van der Waals surface area contributed by atoms with Crippen LogP contribution < -0.4 is 5.32 Å². The molecule has 0 atom stereocenters. The van der Waals surface area contributed by atoms with Gasteiger partial charge in [0.25, 0.3) is 0 Å². The van der Waals surface area contributed by atoms with Crippen LogP contribution in [0.1, 0.15) is 47.4 Å². The monoisotopic (exact) mass is 274 g/mol. The Kier molecular flexibility index (Phi) is 3.40. The predicted octanol–water partition coefficient (Wildman–Crippen LogP) is 3.24. The summed E-state index contributed by atoms with van der Waals surface area (Å²) < 4.78 is 0. The number of anilines is 1. The first-order valence-electron chi connectivity index (χ1n) is 7.51. The maximum atomic E-state index is 11.4. The van der Waals surface area contributed by atoms with Gasteiger partial charge in [-0.1, -0.05) is 0 Å². The zero-order valence-electron chi connectivity index (χ0n) is 12.1. The highest BCUT2D eigenvalue weighted by Gasteiger charge is 2.41. The number of aromatic nitrogens is 1. The van der Waals surface area contributed by atoms with Crippen LogP contribution in [0, 0.1) is 31.6 Å². The molecule has 0 spiro atoms. The highest BCUT2D eigenvalue weighted by molar-refractivity contribution is 5.95. The summed E-state index contributed by atoms with van der Waals surface area (Å²) >= 11 is 0. The molecule has 0 radical (unpaired) electrons. The van der Waals surface area contributed by atoms with Gasteiger partial charge in [0.15, 0.2) is 0 Å². The second kappa shape index (κ2) is 5.08. The molecule has 20 heavy (non-hydrogen) atoms. The fourth-order valence-corrected chi connectivity index (χ4v) is 3.23. The van der Waals surface area contributed by atoms with Crippen LogP contribution in [0.15, 0.2) is 6.07 Å². The van der Waals surface area contributed by atoms with Gasteiger partial charge in [-0.05, 0) is 63.4 Å². The van der Waals surface area contributed by atoms with Gasteiger partial charge in [-0.2, -0.15) is 0 Å². The lowest BCUT2D eigenvalue weighted by molar-refractivity contribution is 0.0696. The first kappa shape index (κ1) is 13.4. The average molecular weight is 274 g/mol. The summed E-state index contributed by atoms with van der Waals surface area (Å²) in [7, 11) is 0. The molecule has 4 nitrogen and oxygen atoms in total.